The van der Waals surface area contributed by atoms with E-state index in [1.807, 2.05) is 0 Å². The molecule has 26 heavy (non-hydrogen) atoms. The van der Waals surface area contributed by atoms with Crippen molar-refractivity contribution in [3.63, 3.8) is 0 Å². The molecule has 1 atom stereocenters. The van der Waals surface area contributed by atoms with Gasteiger partial charge in [-0.1, -0.05) is 0 Å². The van der Waals surface area contributed by atoms with Gasteiger partial charge in [-0.2, -0.15) is 0 Å². The first kappa shape index (κ1) is 18.6. The maximum Gasteiger partial charge on any atom is 0.343 e. The summed E-state index contributed by atoms with van der Waals surface area (Å²) in [5.74, 6) is -0.179. The van der Waals surface area contributed by atoms with E-state index in [1.165, 1.54) is 25.3 Å². The van der Waals surface area contributed by atoms with E-state index in [-0.39, 0.29) is 34.7 Å². The molecule has 0 amide bonds. The highest BCUT2D eigenvalue weighted by Crippen LogP contribution is 2.38. The van der Waals surface area contributed by atoms with Crippen LogP contribution in [0.1, 0.15) is 35.2 Å². The Morgan fingerprint density at radius 2 is 2.08 bits per heavy atom. The Bertz CT molecular complexity index is 883. The zero-order valence-corrected chi connectivity index (χ0v) is 15.4. The zero-order valence-electron chi connectivity index (χ0n) is 14.6. The molecule has 0 saturated heterocycles. The van der Waals surface area contributed by atoms with Gasteiger partial charge in [0.05, 0.1) is 12.2 Å². The summed E-state index contributed by atoms with van der Waals surface area (Å²) in [7, 11) is -2.00. The van der Waals surface area contributed by atoms with E-state index in [9.17, 15) is 18.0 Å². The van der Waals surface area contributed by atoms with E-state index in [1.54, 1.807) is 0 Å². The Balaban J connectivity index is 1.95. The third-order valence-corrected chi connectivity index (χ3v) is 5.43. The number of rotatable bonds is 5. The third-order valence-electron chi connectivity index (χ3n) is 4.30. The Hall–Kier alpha value is -2.19. The lowest BCUT2D eigenvalue weighted by molar-refractivity contribution is -0.115. The lowest BCUT2D eigenvalue weighted by atomic mass is 10.0. The summed E-state index contributed by atoms with van der Waals surface area (Å²) >= 11 is 0. The van der Waals surface area contributed by atoms with Crippen molar-refractivity contribution >= 4 is 21.6 Å². The number of ketones is 1. The molecule has 0 aromatic heterocycles. The van der Waals surface area contributed by atoms with Crippen LogP contribution < -0.4 is 4.74 Å². The van der Waals surface area contributed by atoms with E-state index < -0.39 is 15.8 Å². The summed E-state index contributed by atoms with van der Waals surface area (Å²) in [6, 6.07) is 2.78. The highest BCUT2D eigenvalue weighted by atomic mass is 32.2. The lowest BCUT2D eigenvalue weighted by Crippen LogP contribution is -2.19. The van der Waals surface area contributed by atoms with Crippen molar-refractivity contribution in [2.45, 2.75) is 36.7 Å². The average Bonchev–Trinajstić information content (AvgIpc) is 2.96. The molecule has 0 fully saturated rings. The molecule has 1 aliphatic carbocycles. The number of esters is 1. The molecule has 0 radical (unpaired) electrons. The first-order valence-corrected chi connectivity index (χ1v) is 10.2. The molecular weight excluding hydrogens is 360 g/mol. The number of carbonyl (C=O) groups is 2. The van der Waals surface area contributed by atoms with Gasteiger partial charge in [-0.15, -0.1) is 0 Å². The smallest absolute Gasteiger partial charge is 0.343 e. The minimum atomic E-state index is -3.52. The largest absolute Gasteiger partial charge is 0.486 e. The van der Waals surface area contributed by atoms with Crippen LogP contribution in [0.15, 0.2) is 28.9 Å². The quantitative estimate of drug-likeness (QED) is 0.719. The van der Waals surface area contributed by atoms with Gasteiger partial charge in [-0.25, -0.2) is 13.2 Å². The zero-order chi connectivity index (χ0) is 18.9. The summed E-state index contributed by atoms with van der Waals surface area (Å²) in [5.41, 5.74) is 0.729. The summed E-state index contributed by atoms with van der Waals surface area (Å²) in [5, 5.41) is 0. The Labute approximate surface area is 151 Å². The second-order valence-corrected chi connectivity index (χ2v) is 8.39. The van der Waals surface area contributed by atoms with Crippen LogP contribution in [-0.2, 0) is 30.5 Å². The fourth-order valence-electron chi connectivity index (χ4n) is 3.15. The molecule has 0 saturated carbocycles. The SMILES string of the molecule is COCC1Cc2c(C(=O)OC3=CC(=O)CCC3)ccc(S(C)(=O)=O)c2O1. The maximum absolute atomic E-state index is 12.6. The van der Waals surface area contributed by atoms with Gasteiger partial charge in [0, 0.05) is 44.3 Å². The summed E-state index contributed by atoms with van der Waals surface area (Å²) < 4.78 is 40.2. The van der Waals surface area contributed by atoms with E-state index >= 15 is 0 Å². The maximum atomic E-state index is 12.6. The monoisotopic (exact) mass is 380 g/mol. The molecule has 2 aliphatic rings. The number of carbonyl (C=O) groups excluding carboxylic acids is 2. The fourth-order valence-corrected chi connectivity index (χ4v) is 3.97. The van der Waals surface area contributed by atoms with Gasteiger partial charge in [0.25, 0.3) is 0 Å². The van der Waals surface area contributed by atoms with Gasteiger partial charge in [0.1, 0.15) is 22.5 Å². The number of hydrogen-bond acceptors (Lipinski definition) is 7. The number of methoxy groups -OCH3 is 1. The van der Waals surface area contributed by atoms with Gasteiger partial charge in [0.2, 0.25) is 0 Å². The highest BCUT2D eigenvalue weighted by molar-refractivity contribution is 7.90. The average molecular weight is 380 g/mol. The highest BCUT2D eigenvalue weighted by Gasteiger charge is 2.33. The van der Waals surface area contributed by atoms with Crippen LogP contribution in [0, 0.1) is 0 Å². The van der Waals surface area contributed by atoms with Crippen LogP contribution in [0.3, 0.4) is 0 Å². The predicted octanol–water partition coefficient (Wildman–Crippen LogP) is 1.83. The summed E-state index contributed by atoms with van der Waals surface area (Å²) in [6.07, 6.45) is 4.01. The van der Waals surface area contributed by atoms with E-state index in [0.717, 1.165) is 6.26 Å². The number of ether oxygens (including phenoxy) is 3. The molecule has 1 aromatic carbocycles. The van der Waals surface area contributed by atoms with Crippen LogP contribution in [0.4, 0.5) is 0 Å². The van der Waals surface area contributed by atoms with Crippen LogP contribution in [0.2, 0.25) is 0 Å². The second-order valence-electron chi connectivity index (χ2n) is 6.41. The molecule has 1 aromatic rings. The molecule has 1 unspecified atom stereocenters. The molecule has 7 nitrogen and oxygen atoms in total. The number of allylic oxidation sites excluding steroid dienone is 2. The molecule has 0 N–H and O–H groups in total. The summed E-state index contributed by atoms with van der Waals surface area (Å²) in [6.45, 7) is 0.270. The molecule has 8 heteroatoms. The van der Waals surface area contributed by atoms with Gasteiger partial charge in [0.15, 0.2) is 15.6 Å². The van der Waals surface area contributed by atoms with Crippen molar-refractivity contribution in [1.82, 2.24) is 0 Å². The molecule has 0 bridgehead atoms. The molecule has 3 rings (SSSR count). The van der Waals surface area contributed by atoms with Crippen molar-refractivity contribution in [2.75, 3.05) is 20.0 Å². The molecule has 140 valence electrons. The van der Waals surface area contributed by atoms with Crippen molar-refractivity contribution < 1.29 is 32.2 Å². The van der Waals surface area contributed by atoms with Gasteiger partial charge < -0.3 is 14.2 Å². The van der Waals surface area contributed by atoms with Gasteiger partial charge in [-0.3, -0.25) is 4.79 Å². The summed E-state index contributed by atoms with van der Waals surface area (Å²) in [4.78, 5) is 24.1. The van der Waals surface area contributed by atoms with Crippen molar-refractivity contribution in [3.8, 4) is 5.75 Å². The van der Waals surface area contributed by atoms with E-state index in [4.69, 9.17) is 14.2 Å². The first-order chi connectivity index (χ1) is 12.3. The molecule has 1 aliphatic heterocycles. The fraction of sp³-hybridized carbons (Fsp3) is 0.444. The van der Waals surface area contributed by atoms with E-state index in [2.05, 4.69) is 0 Å². The Morgan fingerprint density at radius 3 is 2.73 bits per heavy atom. The number of benzene rings is 1. The molecular formula is C18H20O7S. The van der Waals surface area contributed by atoms with E-state index in [0.29, 0.717) is 37.0 Å². The minimum absolute atomic E-state index is 0.0368. The normalized spacial score (nSPS) is 19.5. The van der Waals surface area contributed by atoms with Crippen LogP contribution in [0.5, 0.6) is 5.75 Å². The topological polar surface area (TPSA) is 96.0 Å². The van der Waals surface area contributed by atoms with Crippen molar-refractivity contribution in [3.05, 3.63) is 35.1 Å². The Morgan fingerprint density at radius 1 is 1.31 bits per heavy atom. The predicted molar refractivity (Wildman–Crippen MR) is 91.9 cm³/mol. The van der Waals surface area contributed by atoms with Gasteiger partial charge in [-0.05, 0) is 18.6 Å². The number of sulfone groups is 1. The molecule has 0 spiro atoms. The van der Waals surface area contributed by atoms with Crippen LogP contribution in [-0.4, -0.2) is 46.2 Å². The standard InChI is InChI=1S/C18H20O7S/c1-23-10-13-9-15-14(6-7-16(17(15)24-13)26(2,21)22)18(20)25-12-5-3-4-11(19)8-12/h6-8,13H,3-5,9-10H2,1-2H3. The van der Waals surface area contributed by atoms with Crippen LogP contribution >= 0.6 is 0 Å². The van der Waals surface area contributed by atoms with Gasteiger partial charge >= 0.3 is 5.97 Å². The van der Waals surface area contributed by atoms with Crippen LogP contribution in [0.25, 0.3) is 0 Å². The third kappa shape index (κ3) is 3.81. The lowest BCUT2D eigenvalue weighted by Gasteiger charge is -2.14. The Kier molecular flexibility index (Phi) is 5.15. The van der Waals surface area contributed by atoms with Crippen molar-refractivity contribution in [1.29, 1.82) is 0 Å². The first-order valence-electron chi connectivity index (χ1n) is 8.26. The number of fused-ring (bicyclic) bond motifs is 1. The minimum Gasteiger partial charge on any atom is -0.486 e. The van der Waals surface area contributed by atoms with Crippen molar-refractivity contribution in [2.24, 2.45) is 0 Å². The molecule has 1 heterocycles. The number of hydrogen-bond donors (Lipinski definition) is 0. The second kappa shape index (κ2) is 7.20.